The van der Waals surface area contributed by atoms with Crippen molar-refractivity contribution in [1.82, 2.24) is 0 Å². The lowest BCUT2D eigenvalue weighted by Crippen LogP contribution is -2.20. The highest BCUT2D eigenvalue weighted by Gasteiger charge is 2.07. The van der Waals surface area contributed by atoms with E-state index < -0.39 is 0 Å². The van der Waals surface area contributed by atoms with Gasteiger partial charge in [-0.2, -0.15) is 0 Å². The monoisotopic (exact) mass is 348 g/mol. The van der Waals surface area contributed by atoms with Gasteiger partial charge in [0.2, 0.25) is 0 Å². The molecule has 0 radical (unpaired) electrons. The molecular weight excluding hydrogens is 332 g/mol. The molecule has 2 rings (SSSR count). The number of benzene rings is 2. The van der Waals surface area contributed by atoms with Gasteiger partial charge in [0.25, 0.3) is 0 Å². The Morgan fingerprint density at radius 1 is 1.20 bits per heavy atom. The second kappa shape index (κ2) is 6.86. The molecule has 4 heteroatoms. The van der Waals surface area contributed by atoms with Gasteiger partial charge in [0.1, 0.15) is 4.99 Å². The van der Waals surface area contributed by atoms with Crippen LogP contribution in [0.15, 0.2) is 53.0 Å². The normalized spacial score (nSPS) is 10.3. The fraction of sp³-hybridized carbons (Fsp3) is 0.188. The van der Waals surface area contributed by atoms with Gasteiger partial charge < -0.3 is 10.6 Å². The van der Waals surface area contributed by atoms with Crippen molar-refractivity contribution >= 4 is 38.8 Å². The molecule has 0 saturated carbocycles. The van der Waals surface area contributed by atoms with Crippen LogP contribution in [-0.4, -0.2) is 18.6 Å². The Hall–Kier alpha value is -1.39. The van der Waals surface area contributed by atoms with E-state index in [0.29, 0.717) is 4.99 Å². The van der Waals surface area contributed by atoms with Crippen molar-refractivity contribution < 1.29 is 0 Å². The summed E-state index contributed by atoms with van der Waals surface area (Å²) >= 11 is 8.53. The molecule has 0 fully saturated rings. The number of nitrogens with two attached hydrogens (primary N) is 1. The van der Waals surface area contributed by atoms with Crippen LogP contribution in [0.4, 0.5) is 5.69 Å². The van der Waals surface area contributed by atoms with Crippen LogP contribution < -0.4 is 10.6 Å². The summed E-state index contributed by atoms with van der Waals surface area (Å²) in [6, 6.07) is 16.6. The van der Waals surface area contributed by atoms with Crippen LogP contribution in [0.2, 0.25) is 0 Å². The van der Waals surface area contributed by atoms with Crippen molar-refractivity contribution in [3.05, 3.63) is 64.1 Å². The molecule has 2 aromatic rings. The average Bonchev–Trinajstić information content (AvgIpc) is 2.45. The number of nitrogens with zero attached hydrogens (tertiary/aromatic N) is 1. The smallest absolute Gasteiger partial charge is 0.105 e. The lowest BCUT2D eigenvalue weighted by Gasteiger charge is -2.20. The lowest BCUT2D eigenvalue weighted by molar-refractivity contribution is 0.876. The second-order valence-electron chi connectivity index (χ2n) is 4.69. The Labute approximate surface area is 133 Å². The summed E-state index contributed by atoms with van der Waals surface area (Å²) in [5.74, 6) is 0. The number of rotatable bonds is 5. The van der Waals surface area contributed by atoms with Crippen LogP contribution in [0.1, 0.15) is 11.1 Å². The van der Waals surface area contributed by atoms with Gasteiger partial charge in [-0.1, -0.05) is 42.5 Å². The van der Waals surface area contributed by atoms with Crippen molar-refractivity contribution in [2.45, 2.75) is 6.42 Å². The van der Waals surface area contributed by atoms with E-state index >= 15 is 0 Å². The zero-order valence-electron chi connectivity index (χ0n) is 11.3. The van der Waals surface area contributed by atoms with Gasteiger partial charge in [0.05, 0.1) is 0 Å². The van der Waals surface area contributed by atoms with Gasteiger partial charge >= 0.3 is 0 Å². The van der Waals surface area contributed by atoms with Crippen LogP contribution in [-0.2, 0) is 6.42 Å². The van der Waals surface area contributed by atoms with E-state index in [0.717, 1.165) is 28.7 Å². The zero-order valence-corrected chi connectivity index (χ0v) is 13.7. The molecule has 20 heavy (non-hydrogen) atoms. The van der Waals surface area contributed by atoms with Crippen molar-refractivity contribution in [3.8, 4) is 0 Å². The Bertz CT molecular complexity index is 599. The van der Waals surface area contributed by atoms with E-state index in [9.17, 15) is 0 Å². The van der Waals surface area contributed by atoms with Crippen LogP contribution in [0.3, 0.4) is 0 Å². The molecule has 0 spiro atoms. The summed E-state index contributed by atoms with van der Waals surface area (Å²) in [6.07, 6.45) is 1.02. The Balaban J connectivity index is 2.04. The molecule has 2 nitrogen and oxygen atoms in total. The summed E-state index contributed by atoms with van der Waals surface area (Å²) in [7, 11) is 2.09. The van der Waals surface area contributed by atoms with Gasteiger partial charge in [-0.25, -0.2) is 0 Å². The lowest BCUT2D eigenvalue weighted by atomic mass is 10.1. The highest BCUT2D eigenvalue weighted by atomic mass is 79.9. The molecule has 104 valence electrons. The molecule has 2 N–H and O–H groups in total. The van der Waals surface area contributed by atoms with Gasteiger partial charge in [0.15, 0.2) is 0 Å². The summed E-state index contributed by atoms with van der Waals surface area (Å²) in [6.45, 7) is 0.961. The number of hydrogen-bond donors (Lipinski definition) is 1. The van der Waals surface area contributed by atoms with Crippen LogP contribution >= 0.6 is 28.1 Å². The predicted octanol–water partition coefficient (Wildman–Crippen LogP) is 3.76. The third-order valence-corrected chi connectivity index (χ3v) is 4.11. The van der Waals surface area contributed by atoms with E-state index in [4.69, 9.17) is 18.0 Å². The zero-order chi connectivity index (χ0) is 14.5. The topological polar surface area (TPSA) is 29.3 Å². The minimum atomic E-state index is 0.412. The molecule has 0 aromatic heterocycles. The third kappa shape index (κ3) is 3.81. The van der Waals surface area contributed by atoms with Crippen molar-refractivity contribution in [2.24, 2.45) is 5.73 Å². The second-order valence-corrected chi connectivity index (χ2v) is 5.98. The van der Waals surface area contributed by atoms with E-state index in [2.05, 4.69) is 58.2 Å². The first kappa shape index (κ1) is 15.0. The molecule has 0 saturated heterocycles. The summed E-state index contributed by atoms with van der Waals surface area (Å²) < 4.78 is 0.939. The van der Waals surface area contributed by atoms with Gasteiger partial charge in [-0.15, -0.1) is 0 Å². The van der Waals surface area contributed by atoms with Crippen molar-refractivity contribution in [2.75, 3.05) is 18.5 Å². The van der Waals surface area contributed by atoms with Crippen molar-refractivity contribution in [3.63, 3.8) is 0 Å². The maximum absolute atomic E-state index is 5.66. The molecule has 0 atom stereocenters. The van der Waals surface area contributed by atoms with Gasteiger partial charge in [-0.3, -0.25) is 0 Å². The van der Waals surface area contributed by atoms with E-state index in [1.807, 2.05) is 18.2 Å². The molecule has 0 heterocycles. The summed E-state index contributed by atoms with van der Waals surface area (Å²) in [5, 5.41) is 0. The molecule has 0 bridgehead atoms. The molecule has 2 aromatic carbocycles. The largest absolute Gasteiger partial charge is 0.389 e. The predicted molar refractivity (Wildman–Crippen MR) is 93.4 cm³/mol. The highest BCUT2D eigenvalue weighted by molar-refractivity contribution is 9.10. The number of hydrogen-bond acceptors (Lipinski definition) is 2. The maximum atomic E-state index is 5.66. The Morgan fingerprint density at radius 3 is 2.50 bits per heavy atom. The highest BCUT2D eigenvalue weighted by Crippen LogP contribution is 2.23. The minimum Gasteiger partial charge on any atom is -0.389 e. The van der Waals surface area contributed by atoms with Crippen molar-refractivity contribution in [1.29, 1.82) is 0 Å². The fourth-order valence-electron chi connectivity index (χ4n) is 2.01. The standard InChI is InChI=1S/C16H17BrN2S/c1-19(10-9-12-5-3-2-4-6-12)13-7-8-14(16(18)20)15(17)11-13/h2-8,11H,9-10H2,1H3,(H2,18,20). The Morgan fingerprint density at radius 2 is 1.90 bits per heavy atom. The van der Waals surface area contributed by atoms with Crippen LogP contribution in [0, 0.1) is 0 Å². The number of anilines is 1. The Kier molecular flexibility index (Phi) is 5.15. The quantitative estimate of drug-likeness (QED) is 0.834. The molecular formula is C16H17BrN2S. The first-order valence-electron chi connectivity index (χ1n) is 6.42. The van der Waals surface area contributed by atoms with Crippen LogP contribution in [0.25, 0.3) is 0 Å². The molecule has 0 aliphatic carbocycles. The van der Waals surface area contributed by atoms with E-state index in [-0.39, 0.29) is 0 Å². The van der Waals surface area contributed by atoms with Crippen LogP contribution in [0.5, 0.6) is 0 Å². The molecule has 0 amide bonds. The minimum absolute atomic E-state index is 0.412. The third-order valence-electron chi connectivity index (χ3n) is 3.24. The first-order valence-corrected chi connectivity index (χ1v) is 7.62. The first-order chi connectivity index (χ1) is 9.58. The SMILES string of the molecule is CN(CCc1ccccc1)c1ccc(C(N)=S)c(Br)c1. The fourth-order valence-corrected chi connectivity index (χ4v) is 2.90. The number of thiocarbonyl (C=S) groups is 1. The van der Waals surface area contributed by atoms with Gasteiger partial charge in [0, 0.05) is 29.3 Å². The van der Waals surface area contributed by atoms with Gasteiger partial charge in [-0.05, 0) is 46.1 Å². The summed E-state index contributed by atoms with van der Waals surface area (Å²) in [5.41, 5.74) is 9.03. The average molecular weight is 349 g/mol. The van der Waals surface area contributed by atoms with E-state index in [1.54, 1.807) is 0 Å². The molecule has 0 aliphatic rings. The number of halogens is 1. The number of likely N-dealkylation sites (N-methyl/N-ethyl adjacent to an activating group) is 1. The van der Waals surface area contributed by atoms with E-state index in [1.165, 1.54) is 5.56 Å². The summed E-state index contributed by atoms with van der Waals surface area (Å²) in [4.78, 5) is 2.64. The molecule has 0 aliphatic heterocycles. The maximum Gasteiger partial charge on any atom is 0.105 e. The molecule has 0 unspecified atom stereocenters.